The van der Waals surface area contributed by atoms with Gasteiger partial charge in [0.25, 0.3) is 0 Å². The third-order valence-corrected chi connectivity index (χ3v) is 4.71. The van der Waals surface area contributed by atoms with Crippen molar-refractivity contribution in [2.75, 3.05) is 25.1 Å². The van der Waals surface area contributed by atoms with Gasteiger partial charge in [-0.1, -0.05) is 12.1 Å². The van der Waals surface area contributed by atoms with Crippen molar-refractivity contribution in [3.8, 4) is 5.75 Å². The first-order valence-electron chi connectivity index (χ1n) is 7.80. The fraction of sp³-hybridized carbons (Fsp3) is 0.412. The lowest BCUT2D eigenvalue weighted by Crippen LogP contribution is -2.37. The number of benzene rings is 1. The third kappa shape index (κ3) is 4.01. The van der Waals surface area contributed by atoms with Gasteiger partial charge in [0.2, 0.25) is 5.91 Å². The molecule has 1 amide bonds. The van der Waals surface area contributed by atoms with Crippen molar-refractivity contribution in [1.29, 1.82) is 0 Å². The zero-order valence-corrected chi connectivity index (χ0v) is 14.0. The van der Waals surface area contributed by atoms with E-state index in [1.165, 1.54) is 0 Å². The van der Waals surface area contributed by atoms with Crippen molar-refractivity contribution in [2.24, 2.45) is 0 Å². The summed E-state index contributed by atoms with van der Waals surface area (Å²) in [5.41, 5.74) is 3.89. The van der Waals surface area contributed by atoms with Gasteiger partial charge in [-0.2, -0.15) is 0 Å². The minimum Gasteiger partial charge on any atom is -0.495 e. The first-order chi connectivity index (χ1) is 11.3. The van der Waals surface area contributed by atoms with Crippen LogP contribution < -0.4 is 15.0 Å². The van der Waals surface area contributed by atoms with Crippen molar-refractivity contribution in [3.05, 3.63) is 40.8 Å². The molecule has 5 nitrogen and oxygen atoms in total. The van der Waals surface area contributed by atoms with Crippen LogP contribution in [0.15, 0.2) is 35.2 Å². The molecule has 1 saturated heterocycles. The van der Waals surface area contributed by atoms with Gasteiger partial charge in [0.05, 0.1) is 24.0 Å². The highest BCUT2D eigenvalue weighted by Crippen LogP contribution is 2.30. The zero-order valence-electron chi connectivity index (χ0n) is 13.2. The Hall–Kier alpha value is -2.08. The summed E-state index contributed by atoms with van der Waals surface area (Å²) in [5.74, 6) is 0.980. The number of ether oxygens (including phenoxy) is 1. The Balaban J connectivity index is 1.50. The maximum atomic E-state index is 12.1. The lowest BCUT2D eigenvalue weighted by Gasteiger charge is -2.21. The maximum Gasteiger partial charge on any atom is 0.220 e. The van der Waals surface area contributed by atoms with Crippen LogP contribution in [0.25, 0.3) is 0 Å². The average Bonchev–Trinajstić information content (AvgIpc) is 3.24. The summed E-state index contributed by atoms with van der Waals surface area (Å²) in [5, 5.41) is 5.13. The van der Waals surface area contributed by atoms with E-state index < -0.39 is 0 Å². The highest BCUT2D eigenvalue weighted by molar-refractivity contribution is 7.07. The van der Waals surface area contributed by atoms with Crippen LogP contribution in [-0.4, -0.2) is 37.1 Å². The van der Waals surface area contributed by atoms with E-state index in [-0.39, 0.29) is 11.9 Å². The van der Waals surface area contributed by atoms with Gasteiger partial charge in [0, 0.05) is 30.9 Å². The van der Waals surface area contributed by atoms with Crippen LogP contribution in [0, 0.1) is 0 Å². The Labute approximate surface area is 140 Å². The zero-order chi connectivity index (χ0) is 16.1. The van der Waals surface area contributed by atoms with Gasteiger partial charge in [-0.25, -0.2) is 4.98 Å². The number of amides is 1. The third-order valence-electron chi connectivity index (χ3n) is 4.07. The number of hydrogen-bond donors (Lipinski definition) is 1. The molecule has 2 aromatic rings. The minimum atomic E-state index is 0.102. The Bertz CT molecular complexity index is 645. The molecule has 0 radical (unpaired) electrons. The van der Waals surface area contributed by atoms with Gasteiger partial charge in [-0.15, -0.1) is 11.3 Å². The Morgan fingerprint density at radius 2 is 2.35 bits per heavy atom. The number of aromatic nitrogens is 1. The number of carbonyl (C=O) groups excluding carboxylic acids is 1. The van der Waals surface area contributed by atoms with Crippen LogP contribution in [0.3, 0.4) is 0 Å². The lowest BCUT2D eigenvalue weighted by molar-refractivity contribution is -0.121. The quantitative estimate of drug-likeness (QED) is 0.883. The lowest BCUT2D eigenvalue weighted by atomic mass is 10.2. The number of methoxy groups -OCH3 is 1. The van der Waals surface area contributed by atoms with Gasteiger partial charge in [0.1, 0.15) is 5.75 Å². The highest BCUT2D eigenvalue weighted by Gasteiger charge is 2.25. The normalized spacial score (nSPS) is 17.3. The molecule has 1 aromatic carbocycles. The molecule has 1 fully saturated rings. The fourth-order valence-electron chi connectivity index (χ4n) is 2.89. The Kier molecular flexibility index (Phi) is 5.12. The summed E-state index contributed by atoms with van der Waals surface area (Å²) in [7, 11) is 1.69. The molecule has 122 valence electrons. The first kappa shape index (κ1) is 15.8. The summed E-state index contributed by atoms with van der Waals surface area (Å²) in [6.07, 6.45) is 2.16. The molecule has 0 spiro atoms. The Morgan fingerprint density at radius 3 is 3.13 bits per heavy atom. The Morgan fingerprint density at radius 1 is 1.48 bits per heavy atom. The summed E-state index contributed by atoms with van der Waals surface area (Å²) in [4.78, 5) is 18.6. The largest absolute Gasteiger partial charge is 0.495 e. The van der Waals surface area contributed by atoms with Crippen molar-refractivity contribution >= 4 is 22.9 Å². The number of hydrogen-bond acceptors (Lipinski definition) is 5. The van der Waals surface area contributed by atoms with Gasteiger partial charge in [-0.3, -0.25) is 4.79 Å². The molecule has 1 aliphatic heterocycles. The fourth-order valence-corrected chi connectivity index (χ4v) is 3.48. The predicted molar refractivity (Wildman–Crippen MR) is 92.2 cm³/mol. The van der Waals surface area contributed by atoms with E-state index in [9.17, 15) is 4.79 Å². The summed E-state index contributed by atoms with van der Waals surface area (Å²) < 4.78 is 5.42. The van der Waals surface area contributed by atoms with Crippen LogP contribution in [-0.2, 0) is 11.2 Å². The molecule has 23 heavy (non-hydrogen) atoms. The second kappa shape index (κ2) is 7.46. The monoisotopic (exact) mass is 331 g/mol. The van der Waals surface area contributed by atoms with E-state index in [1.807, 2.05) is 23.6 Å². The minimum absolute atomic E-state index is 0.102. The average molecular weight is 331 g/mol. The van der Waals surface area contributed by atoms with Crippen LogP contribution in [0.4, 0.5) is 5.69 Å². The molecule has 1 atom stereocenters. The van der Waals surface area contributed by atoms with E-state index in [4.69, 9.17) is 4.74 Å². The van der Waals surface area contributed by atoms with Crippen molar-refractivity contribution < 1.29 is 9.53 Å². The van der Waals surface area contributed by atoms with Gasteiger partial charge in [-0.05, 0) is 25.0 Å². The molecular formula is C17H21N3O2S. The van der Waals surface area contributed by atoms with Gasteiger partial charge >= 0.3 is 0 Å². The summed E-state index contributed by atoms with van der Waals surface area (Å²) in [6.45, 7) is 1.75. The molecule has 0 bridgehead atoms. The molecule has 0 saturated carbocycles. The number of thiazole rings is 1. The van der Waals surface area contributed by atoms with Crippen LogP contribution in [0.1, 0.15) is 18.5 Å². The van der Waals surface area contributed by atoms with Crippen molar-refractivity contribution in [1.82, 2.24) is 10.3 Å². The van der Waals surface area contributed by atoms with Crippen molar-refractivity contribution in [2.45, 2.75) is 25.3 Å². The number of nitrogens with zero attached hydrogens (tertiary/aromatic N) is 2. The smallest absolute Gasteiger partial charge is 0.220 e. The van der Waals surface area contributed by atoms with E-state index in [1.54, 1.807) is 24.0 Å². The molecular weight excluding hydrogens is 310 g/mol. The number of rotatable bonds is 6. The van der Waals surface area contributed by atoms with Crippen LogP contribution in [0.2, 0.25) is 0 Å². The van der Waals surface area contributed by atoms with E-state index in [0.29, 0.717) is 12.8 Å². The molecule has 1 aliphatic rings. The van der Waals surface area contributed by atoms with E-state index >= 15 is 0 Å². The summed E-state index contributed by atoms with van der Waals surface area (Å²) >= 11 is 1.56. The molecule has 1 aromatic heterocycles. The van der Waals surface area contributed by atoms with Crippen LogP contribution >= 0.6 is 11.3 Å². The highest BCUT2D eigenvalue weighted by atomic mass is 32.1. The van der Waals surface area contributed by atoms with Gasteiger partial charge in [0.15, 0.2) is 0 Å². The molecule has 1 unspecified atom stereocenters. The standard InChI is InChI=1S/C17H21N3O2S/c1-22-16-5-3-2-4-15(16)20-9-8-13(10-20)19-17(21)7-6-14-11-23-12-18-14/h2-5,11-13H,6-10H2,1H3,(H,19,21). The van der Waals surface area contributed by atoms with Crippen molar-refractivity contribution in [3.63, 3.8) is 0 Å². The second-order valence-electron chi connectivity index (χ2n) is 5.65. The molecule has 1 N–H and O–H groups in total. The number of nitrogens with one attached hydrogen (secondary N) is 1. The number of para-hydroxylation sites is 2. The number of anilines is 1. The topological polar surface area (TPSA) is 54.5 Å². The molecule has 3 rings (SSSR count). The predicted octanol–water partition coefficient (Wildman–Crippen LogP) is 2.48. The van der Waals surface area contributed by atoms with E-state index in [2.05, 4.69) is 21.3 Å². The molecule has 0 aliphatic carbocycles. The van der Waals surface area contributed by atoms with E-state index in [0.717, 1.165) is 36.6 Å². The molecule has 6 heteroatoms. The SMILES string of the molecule is COc1ccccc1N1CCC(NC(=O)CCc2cscn2)C1. The van der Waals surface area contributed by atoms with Gasteiger partial charge < -0.3 is 15.0 Å². The number of aryl methyl sites for hydroxylation is 1. The second-order valence-corrected chi connectivity index (χ2v) is 6.37. The van der Waals surface area contributed by atoms with Crippen LogP contribution in [0.5, 0.6) is 5.75 Å². The maximum absolute atomic E-state index is 12.1. The summed E-state index contributed by atoms with van der Waals surface area (Å²) in [6, 6.07) is 8.21. The number of carbonyl (C=O) groups is 1. The first-order valence-corrected chi connectivity index (χ1v) is 8.75. The molecule has 2 heterocycles.